The molecule has 0 aliphatic carbocycles. The molecule has 0 aromatic carbocycles. The molecule has 5 aromatic rings. The molecule has 0 amide bonds. The van der Waals surface area contributed by atoms with Gasteiger partial charge in [0.25, 0.3) is 0 Å². The quantitative estimate of drug-likeness (QED) is 0.332. The number of rotatable bonds is 5. The van der Waals surface area contributed by atoms with E-state index in [9.17, 15) is 0 Å². The lowest BCUT2D eigenvalue weighted by atomic mass is 9.91. The molecule has 7 rings (SSSR count). The van der Waals surface area contributed by atoms with E-state index in [1.807, 2.05) is 24.8 Å². The number of aromatic nitrogens is 7. The van der Waals surface area contributed by atoms with E-state index in [1.54, 1.807) is 0 Å². The molecular formula is C28H32N10. The van der Waals surface area contributed by atoms with Crippen LogP contribution in [0, 0.1) is 5.92 Å². The second-order valence-electron chi connectivity index (χ2n) is 10.6. The third-order valence-electron chi connectivity index (χ3n) is 7.96. The number of hydrogen-bond acceptors (Lipinski definition) is 8. The van der Waals surface area contributed by atoms with Crippen molar-refractivity contribution in [3.05, 3.63) is 48.5 Å². The highest BCUT2D eigenvalue weighted by Crippen LogP contribution is 2.32. The first-order valence-corrected chi connectivity index (χ1v) is 13.5. The first-order chi connectivity index (χ1) is 18.7. The number of piperazine rings is 1. The molecule has 0 bridgehead atoms. The zero-order valence-corrected chi connectivity index (χ0v) is 21.6. The number of H-pyrrole nitrogens is 2. The van der Waals surface area contributed by atoms with Crippen molar-refractivity contribution in [3.63, 3.8) is 0 Å². The summed E-state index contributed by atoms with van der Waals surface area (Å²) in [4.78, 5) is 26.9. The summed E-state index contributed by atoms with van der Waals surface area (Å²) in [5, 5.41) is 12.2. The second-order valence-corrected chi connectivity index (χ2v) is 10.6. The van der Waals surface area contributed by atoms with Gasteiger partial charge in [-0.3, -0.25) is 15.1 Å². The van der Waals surface area contributed by atoms with Crippen molar-refractivity contribution in [3.8, 4) is 22.8 Å². The molecule has 7 heterocycles. The molecular weight excluding hydrogens is 476 g/mol. The fourth-order valence-corrected chi connectivity index (χ4v) is 5.73. The van der Waals surface area contributed by atoms with Crippen LogP contribution in [0.5, 0.6) is 0 Å². The molecule has 0 radical (unpaired) electrons. The molecule has 38 heavy (non-hydrogen) atoms. The van der Waals surface area contributed by atoms with Gasteiger partial charge in [0.05, 0.1) is 23.1 Å². The summed E-state index contributed by atoms with van der Waals surface area (Å²) >= 11 is 0. The molecule has 0 spiro atoms. The molecule has 2 saturated heterocycles. The number of imidazole rings is 1. The number of fused-ring (bicyclic) bond motifs is 2. The van der Waals surface area contributed by atoms with Crippen LogP contribution in [0.2, 0.25) is 0 Å². The number of pyridine rings is 3. The Labute approximate surface area is 220 Å². The minimum atomic E-state index is 0.704. The van der Waals surface area contributed by atoms with Crippen LogP contribution in [0.25, 0.3) is 44.8 Å². The van der Waals surface area contributed by atoms with Crippen LogP contribution in [0.1, 0.15) is 18.4 Å². The average molecular weight is 509 g/mol. The average Bonchev–Trinajstić information content (AvgIpc) is 3.58. The third-order valence-corrected chi connectivity index (χ3v) is 7.96. The number of likely N-dealkylation sites (N-methyl/N-ethyl adjacent to an activating group) is 1. The lowest BCUT2D eigenvalue weighted by Crippen LogP contribution is -2.44. The van der Waals surface area contributed by atoms with E-state index in [0.29, 0.717) is 17.4 Å². The Morgan fingerprint density at radius 3 is 2.74 bits per heavy atom. The summed E-state index contributed by atoms with van der Waals surface area (Å²) < 4.78 is 0. The zero-order valence-electron chi connectivity index (χ0n) is 21.6. The first kappa shape index (κ1) is 23.2. The van der Waals surface area contributed by atoms with E-state index in [2.05, 4.69) is 65.5 Å². The van der Waals surface area contributed by atoms with E-state index in [-0.39, 0.29) is 0 Å². The number of anilines is 1. The van der Waals surface area contributed by atoms with Gasteiger partial charge in [0.15, 0.2) is 11.5 Å². The Morgan fingerprint density at radius 2 is 1.87 bits per heavy atom. The molecule has 5 aromatic heterocycles. The Kier molecular flexibility index (Phi) is 5.98. The molecule has 0 saturated carbocycles. The Bertz CT molecular complexity index is 1570. The molecule has 10 heteroatoms. The second kappa shape index (κ2) is 9.77. The Morgan fingerprint density at radius 1 is 1.00 bits per heavy atom. The Balaban J connectivity index is 1.22. The van der Waals surface area contributed by atoms with Gasteiger partial charge in [0, 0.05) is 55.7 Å². The van der Waals surface area contributed by atoms with Crippen LogP contribution in [-0.4, -0.2) is 86.3 Å². The molecule has 0 atom stereocenters. The standard InChI is InChI=1S/C28H32N10/c1-37-8-10-38(11-9-37)24-4-7-31-27-26(24)33-28(34-27)25-21-14-22(32-17-23(21)35-36-25)20-13-19(15-30-16-20)12-18-2-5-29-6-3-18/h4,7,13-18,29H,2-3,5-6,8-12H2,1H3,(H,35,36)(H,31,33,34). The van der Waals surface area contributed by atoms with Crippen molar-refractivity contribution >= 4 is 27.8 Å². The van der Waals surface area contributed by atoms with Crippen molar-refractivity contribution in [2.45, 2.75) is 19.3 Å². The van der Waals surface area contributed by atoms with Gasteiger partial charge in [-0.05, 0) is 69.1 Å². The van der Waals surface area contributed by atoms with Crippen molar-refractivity contribution in [2.75, 3.05) is 51.2 Å². The van der Waals surface area contributed by atoms with Crippen molar-refractivity contribution in [1.29, 1.82) is 0 Å². The normalized spacial score (nSPS) is 17.6. The minimum absolute atomic E-state index is 0.704. The molecule has 10 nitrogen and oxygen atoms in total. The number of nitrogens with zero attached hydrogens (tertiary/aromatic N) is 7. The van der Waals surface area contributed by atoms with Crippen LogP contribution in [0.15, 0.2) is 43.0 Å². The van der Waals surface area contributed by atoms with Gasteiger partial charge in [-0.15, -0.1) is 0 Å². The number of piperidine rings is 1. The monoisotopic (exact) mass is 508 g/mol. The summed E-state index contributed by atoms with van der Waals surface area (Å²) in [5.74, 6) is 1.41. The molecule has 3 N–H and O–H groups in total. The van der Waals surface area contributed by atoms with Gasteiger partial charge in [-0.25, -0.2) is 9.97 Å². The van der Waals surface area contributed by atoms with Crippen molar-refractivity contribution in [1.82, 2.24) is 45.3 Å². The lowest BCUT2D eigenvalue weighted by molar-refractivity contribution is 0.313. The van der Waals surface area contributed by atoms with Crippen molar-refractivity contribution in [2.24, 2.45) is 5.92 Å². The molecule has 2 aliphatic heterocycles. The first-order valence-electron chi connectivity index (χ1n) is 13.5. The molecule has 2 fully saturated rings. The van der Waals surface area contributed by atoms with Crippen molar-refractivity contribution < 1.29 is 0 Å². The highest BCUT2D eigenvalue weighted by Gasteiger charge is 2.21. The molecule has 194 valence electrons. The fourth-order valence-electron chi connectivity index (χ4n) is 5.73. The van der Waals surface area contributed by atoms with Crippen LogP contribution in [0.3, 0.4) is 0 Å². The molecule has 0 unspecified atom stereocenters. The summed E-state index contributed by atoms with van der Waals surface area (Å²) in [6.45, 7) is 6.25. The van der Waals surface area contributed by atoms with Crippen LogP contribution in [-0.2, 0) is 6.42 Å². The predicted molar refractivity (Wildman–Crippen MR) is 149 cm³/mol. The van der Waals surface area contributed by atoms with Gasteiger partial charge in [0.1, 0.15) is 11.2 Å². The predicted octanol–water partition coefficient (Wildman–Crippen LogP) is 3.25. The van der Waals surface area contributed by atoms with E-state index in [4.69, 9.17) is 9.97 Å². The summed E-state index contributed by atoms with van der Waals surface area (Å²) in [7, 11) is 2.17. The highest BCUT2D eigenvalue weighted by molar-refractivity contribution is 5.95. The van der Waals surface area contributed by atoms with Gasteiger partial charge < -0.3 is 20.1 Å². The maximum Gasteiger partial charge on any atom is 0.180 e. The highest BCUT2D eigenvalue weighted by atomic mass is 15.3. The summed E-state index contributed by atoms with van der Waals surface area (Å²) in [6.07, 6.45) is 11.1. The third kappa shape index (κ3) is 4.39. The van der Waals surface area contributed by atoms with Crippen LogP contribution >= 0.6 is 0 Å². The summed E-state index contributed by atoms with van der Waals surface area (Å²) in [5.41, 5.74) is 7.61. The van der Waals surface area contributed by atoms with E-state index in [1.165, 1.54) is 18.4 Å². The number of aromatic amines is 2. The molecule has 2 aliphatic rings. The van der Waals surface area contributed by atoms with Crippen LogP contribution in [0.4, 0.5) is 5.69 Å². The topological polar surface area (TPSA) is 115 Å². The van der Waals surface area contributed by atoms with E-state index in [0.717, 1.165) is 84.7 Å². The lowest BCUT2D eigenvalue weighted by Gasteiger charge is -2.34. The summed E-state index contributed by atoms with van der Waals surface area (Å²) in [6, 6.07) is 6.39. The number of nitrogens with one attached hydrogen (secondary N) is 3. The Hall–Kier alpha value is -3.89. The maximum absolute atomic E-state index is 4.83. The number of hydrogen-bond donors (Lipinski definition) is 3. The van der Waals surface area contributed by atoms with E-state index >= 15 is 0 Å². The SMILES string of the molecule is CN1CCN(c2ccnc3nc(-c4n[nH]c5cnc(-c6cncc(CC7CCNCC7)c6)cc45)[nH]c23)CC1. The smallest absolute Gasteiger partial charge is 0.180 e. The zero-order chi connectivity index (χ0) is 25.5. The van der Waals surface area contributed by atoms with Gasteiger partial charge in [0.2, 0.25) is 0 Å². The maximum atomic E-state index is 4.83. The van der Waals surface area contributed by atoms with Gasteiger partial charge in [-0.2, -0.15) is 5.10 Å². The minimum Gasteiger partial charge on any atom is -0.367 e. The fraction of sp³-hybridized carbons (Fsp3) is 0.393. The van der Waals surface area contributed by atoms with Gasteiger partial charge >= 0.3 is 0 Å². The van der Waals surface area contributed by atoms with E-state index < -0.39 is 0 Å². The largest absolute Gasteiger partial charge is 0.367 e. The van der Waals surface area contributed by atoms with Gasteiger partial charge in [-0.1, -0.05) is 0 Å². The van der Waals surface area contributed by atoms with Crippen LogP contribution < -0.4 is 10.2 Å².